The number of nitrogen functional groups attached to an aromatic ring is 1. The molecule has 8 heteroatoms. The Labute approximate surface area is 124 Å². The third kappa shape index (κ3) is 2.96. The van der Waals surface area contributed by atoms with Crippen molar-refractivity contribution in [1.29, 1.82) is 0 Å². The van der Waals surface area contributed by atoms with Crippen molar-refractivity contribution in [2.75, 3.05) is 11.5 Å². The van der Waals surface area contributed by atoms with E-state index < -0.39 is 10.0 Å². The molecule has 1 aliphatic rings. The van der Waals surface area contributed by atoms with E-state index in [-0.39, 0.29) is 16.8 Å². The molecular weight excluding hydrogens is 296 g/mol. The van der Waals surface area contributed by atoms with Crippen LogP contribution in [0, 0.1) is 6.92 Å². The molecule has 1 fully saturated rings. The number of nitrogens with one attached hydrogen (secondary N) is 1. The maximum Gasteiger partial charge on any atom is 0.246 e. The lowest BCUT2D eigenvalue weighted by Crippen LogP contribution is -2.39. The fourth-order valence-electron chi connectivity index (χ4n) is 2.68. The topological polar surface area (TPSA) is 90.0 Å². The number of aryl methyl sites for hydroxylation is 1. The minimum Gasteiger partial charge on any atom is -0.381 e. The number of nitrogens with two attached hydrogens (primary N) is 1. The van der Waals surface area contributed by atoms with E-state index >= 15 is 0 Å². The van der Waals surface area contributed by atoms with Gasteiger partial charge in [-0.1, -0.05) is 13.3 Å². The summed E-state index contributed by atoms with van der Waals surface area (Å²) in [7, 11) is -1.92. The van der Waals surface area contributed by atoms with Gasteiger partial charge in [-0.25, -0.2) is 13.1 Å². The Bertz CT molecular complexity index is 583. The zero-order valence-corrected chi connectivity index (χ0v) is 13.7. The first-order valence-corrected chi connectivity index (χ1v) is 9.33. The van der Waals surface area contributed by atoms with E-state index in [0.29, 0.717) is 10.9 Å². The van der Waals surface area contributed by atoms with Crippen LogP contribution in [0.5, 0.6) is 0 Å². The van der Waals surface area contributed by atoms with Crippen LogP contribution in [-0.4, -0.2) is 35.2 Å². The van der Waals surface area contributed by atoms with Gasteiger partial charge in [0.2, 0.25) is 10.0 Å². The first-order valence-electron chi connectivity index (χ1n) is 6.79. The Kier molecular flexibility index (Phi) is 4.66. The highest BCUT2D eigenvalue weighted by atomic mass is 32.2. The molecule has 2 unspecified atom stereocenters. The molecule has 0 radical (unpaired) electrons. The predicted octanol–water partition coefficient (Wildman–Crippen LogP) is 1.26. The fourth-order valence-corrected chi connectivity index (χ4v) is 5.60. The van der Waals surface area contributed by atoms with E-state index in [1.54, 1.807) is 14.0 Å². The van der Waals surface area contributed by atoms with E-state index in [1.165, 1.54) is 4.68 Å². The number of nitrogens with zero attached hydrogens (tertiary/aromatic N) is 2. The third-order valence-electron chi connectivity index (χ3n) is 3.71. The van der Waals surface area contributed by atoms with Gasteiger partial charge in [-0.2, -0.15) is 16.9 Å². The van der Waals surface area contributed by atoms with Gasteiger partial charge in [0.25, 0.3) is 0 Å². The molecule has 3 N–H and O–H groups in total. The lowest BCUT2D eigenvalue weighted by molar-refractivity contribution is 0.554. The molecule has 2 rings (SSSR count). The summed E-state index contributed by atoms with van der Waals surface area (Å²) in [4.78, 5) is 0.118. The molecule has 1 aromatic heterocycles. The lowest BCUT2D eigenvalue weighted by Gasteiger charge is -2.20. The summed E-state index contributed by atoms with van der Waals surface area (Å²) in [6.45, 7) is 3.81. The number of sulfonamides is 1. The first-order chi connectivity index (χ1) is 9.36. The molecule has 1 aromatic rings. The number of hydrogen-bond acceptors (Lipinski definition) is 5. The highest BCUT2D eigenvalue weighted by Crippen LogP contribution is 2.31. The van der Waals surface area contributed by atoms with E-state index in [9.17, 15) is 8.42 Å². The van der Waals surface area contributed by atoms with Crippen LogP contribution in [0.1, 0.15) is 31.9 Å². The van der Waals surface area contributed by atoms with Gasteiger partial charge in [-0.15, -0.1) is 0 Å². The SMILES string of the molecule is CCSC1CCCC1NS(=O)(=O)c1c(N)nn(C)c1C. The van der Waals surface area contributed by atoms with Crippen LogP contribution in [-0.2, 0) is 17.1 Å². The molecule has 20 heavy (non-hydrogen) atoms. The van der Waals surface area contributed by atoms with Crippen molar-refractivity contribution in [3.8, 4) is 0 Å². The van der Waals surface area contributed by atoms with Gasteiger partial charge in [-0.3, -0.25) is 4.68 Å². The molecule has 1 saturated carbocycles. The standard InChI is InChI=1S/C12H22N4O2S2/c1-4-19-10-7-5-6-9(10)15-20(17,18)11-8(2)16(3)14-12(11)13/h9-10,15H,4-7H2,1-3H3,(H2,13,14). The molecule has 2 atom stereocenters. The van der Waals surface area contributed by atoms with Gasteiger partial charge in [-0.05, 0) is 25.5 Å². The predicted molar refractivity (Wildman–Crippen MR) is 82.2 cm³/mol. The van der Waals surface area contributed by atoms with E-state index in [0.717, 1.165) is 25.0 Å². The molecule has 0 spiro atoms. The summed E-state index contributed by atoms with van der Waals surface area (Å²) in [6.07, 6.45) is 3.01. The summed E-state index contributed by atoms with van der Waals surface area (Å²) in [5.41, 5.74) is 6.30. The van der Waals surface area contributed by atoms with Crippen LogP contribution in [0.2, 0.25) is 0 Å². The van der Waals surface area contributed by atoms with Gasteiger partial charge < -0.3 is 5.73 Å². The molecule has 0 aliphatic heterocycles. The zero-order chi connectivity index (χ0) is 14.9. The normalized spacial score (nSPS) is 23.4. The molecule has 1 heterocycles. The van der Waals surface area contributed by atoms with Crippen LogP contribution in [0.15, 0.2) is 4.90 Å². The minimum atomic E-state index is -3.61. The Morgan fingerprint density at radius 2 is 2.20 bits per heavy atom. The van der Waals surface area contributed by atoms with Gasteiger partial charge in [0.15, 0.2) is 5.82 Å². The molecule has 0 aromatic carbocycles. The lowest BCUT2D eigenvalue weighted by atomic mass is 10.3. The molecule has 114 valence electrons. The summed E-state index contributed by atoms with van der Waals surface area (Å²) in [5.74, 6) is 1.06. The summed E-state index contributed by atoms with van der Waals surface area (Å²) in [6, 6.07) is -0.0102. The molecule has 0 bridgehead atoms. The quantitative estimate of drug-likeness (QED) is 0.853. The van der Waals surface area contributed by atoms with E-state index in [1.807, 2.05) is 11.8 Å². The highest BCUT2D eigenvalue weighted by Gasteiger charge is 2.33. The summed E-state index contributed by atoms with van der Waals surface area (Å²) >= 11 is 1.82. The third-order valence-corrected chi connectivity index (χ3v) is 6.69. The Hall–Kier alpha value is -0.730. The van der Waals surface area contributed by atoms with Crippen LogP contribution in [0.4, 0.5) is 5.82 Å². The first kappa shape index (κ1) is 15.7. The average Bonchev–Trinajstić information content (AvgIpc) is 2.85. The van der Waals surface area contributed by atoms with Crippen molar-refractivity contribution in [3.63, 3.8) is 0 Å². The zero-order valence-electron chi connectivity index (χ0n) is 12.1. The number of hydrogen-bond donors (Lipinski definition) is 2. The number of thioether (sulfide) groups is 1. The number of aromatic nitrogens is 2. The van der Waals surface area contributed by atoms with Crippen molar-refractivity contribution in [3.05, 3.63) is 5.69 Å². The number of rotatable bonds is 5. The smallest absolute Gasteiger partial charge is 0.246 e. The second kappa shape index (κ2) is 5.95. The van der Waals surface area contributed by atoms with Gasteiger partial charge in [0.1, 0.15) is 4.90 Å². The van der Waals surface area contributed by atoms with E-state index in [4.69, 9.17) is 5.73 Å². The van der Waals surface area contributed by atoms with Crippen LogP contribution in [0.3, 0.4) is 0 Å². The molecule has 1 aliphatic carbocycles. The Balaban J connectivity index is 2.23. The second-order valence-electron chi connectivity index (χ2n) is 5.08. The van der Waals surface area contributed by atoms with E-state index in [2.05, 4.69) is 16.7 Å². The largest absolute Gasteiger partial charge is 0.381 e. The minimum absolute atomic E-state index is 0.0102. The average molecular weight is 318 g/mol. The molecule has 0 saturated heterocycles. The number of anilines is 1. The maximum absolute atomic E-state index is 12.5. The van der Waals surface area contributed by atoms with Crippen molar-refractivity contribution in [2.24, 2.45) is 7.05 Å². The van der Waals surface area contributed by atoms with Crippen molar-refractivity contribution in [2.45, 2.75) is 49.3 Å². The van der Waals surface area contributed by atoms with Gasteiger partial charge in [0, 0.05) is 18.3 Å². The van der Waals surface area contributed by atoms with Gasteiger partial charge >= 0.3 is 0 Å². The maximum atomic E-state index is 12.5. The van der Waals surface area contributed by atoms with Crippen LogP contribution in [0.25, 0.3) is 0 Å². The molecule has 0 amide bonds. The van der Waals surface area contributed by atoms with Crippen molar-refractivity contribution < 1.29 is 8.42 Å². The molecular formula is C12H22N4O2S2. The monoisotopic (exact) mass is 318 g/mol. The van der Waals surface area contributed by atoms with Crippen LogP contribution >= 0.6 is 11.8 Å². The fraction of sp³-hybridized carbons (Fsp3) is 0.750. The highest BCUT2D eigenvalue weighted by molar-refractivity contribution is 8.00. The summed E-state index contributed by atoms with van der Waals surface area (Å²) < 4.78 is 29.4. The Morgan fingerprint density at radius 1 is 1.50 bits per heavy atom. The van der Waals surface area contributed by atoms with Crippen molar-refractivity contribution in [1.82, 2.24) is 14.5 Å². The summed E-state index contributed by atoms with van der Waals surface area (Å²) in [5, 5.41) is 4.33. The van der Waals surface area contributed by atoms with Gasteiger partial charge in [0.05, 0.1) is 5.69 Å². The van der Waals surface area contributed by atoms with Crippen LogP contribution < -0.4 is 10.5 Å². The molecule has 6 nitrogen and oxygen atoms in total. The Morgan fingerprint density at radius 3 is 2.75 bits per heavy atom. The van der Waals surface area contributed by atoms with Crippen molar-refractivity contribution >= 4 is 27.6 Å². The second-order valence-corrected chi connectivity index (χ2v) is 8.24.